The van der Waals surface area contributed by atoms with Crippen LogP contribution >= 0.6 is 0 Å². The second kappa shape index (κ2) is 6.76. The van der Waals surface area contributed by atoms with Gasteiger partial charge in [-0.05, 0) is 12.1 Å². The fraction of sp³-hybridized carbons (Fsp3) is 0.333. The summed E-state index contributed by atoms with van der Waals surface area (Å²) in [6.07, 6.45) is 0. The molecular formula is C12H16O3. The molecule has 0 atom stereocenters. The number of hydrogen-bond donors (Lipinski definition) is 0. The molecule has 0 N–H and O–H groups in total. The molecule has 0 radical (unpaired) electrons. The third-order valence-corrected chi connectivity index (χ3v) is 1.55. The summed E-state index contributed by atoms with van der Waals surface area (Å²) < 4.78 is 4.35. The van der Waals surface area contributed by atoms with Crippen molar-refractivity contribution in [3.8, 4) is 0 Å². The number of esters is 2. The summed E-state index contributed by atoms with van der Waals surface area (Å²) >= 11 is 0. The molecule has 0 amide bonds. The minimum Gasteiger partial charge on any atom is -0.386 e. The lowest BCUT2D eigenvalue weighted by molar-refractivity contribution is 0.0444. The number of fused-ring (bicyclic) bond motifs is 1. The van der Waals surface area contributed by atoms with Crippen molar-refractivity contribution in [3.63, 3.8) is 0 Å². The number of rotatable bonds is 0. The van der Waals surface area contributed by atoms with Gasteiger partial charge in [0.2, 0.25) is 0 Å². The fourth-order valence-electron chi connectivity index (χ4n) is 1.03. The Hall–Kier alpha value is -1.64. The van der Waals surface area contributed by atoms with Gasteiger partial charge in [0.15, 0.2) is 0 Å². The molecule has 0 fully saturated rings. The minimum atomic E-state index is -0.550. The van der Waals surface area contributed by atoms with Gasteiger partial charge in [-0.3, -0.25) is 0 Å². The molecule has 3 nitrogen and oxygen atoms in total. The lowest BCUT2D eigenvalue weighted by Gasteiger charge is -1.86. The van der Waals surface area contributed by atoms with Gasteiger partial charge in [-0.15, -0.1) is 0 Å². The highest BCUT2D eigenvalue weighted by Gasteiger charge is 2.28. The summed E-state index contributed by atoms with van der Waals surface area (Å²) in [6, 6.07) is 6.53. The van der Waals surface area contributed by atoms with E-state index in [-0.39, 0.29) is 0 Å². The Kier molecular flexibility index (Phi) is 6.02. The molecule has 2 rings (SSSR count). The molecule has 0 aromatic heterocycles. The second-order valence-corrected chi connectivity index (χ2v) is 2.22. The molecule has 1 aliphatic heterocycles. The highest BCUT2D eigenvalue weighted by molar-refractivity contribution is 6.14. The predicted molar refractivity (Wildman–Crippen MR) is 58.9 cm³/mol. The molecule has 0 aliphatic carbocycles. The van der Waals surface area contributed by atoms with Crippen LogP contribution in [0.5, 0.6) is 0 Å². The van der Waals surface area contributed by atoms with Gasteiger partial charge in [-0.1, -0.05) is 39.8 Å². The van der Waals surface area contributed by atoms with Gasteiger partial charge >= 0.3 is 11.9 Å². The van der Waals surface area contributed by atoms with E-state index in [1.54, 1.807) is 24.3 Å². The van der Waals surface area contributed by atoms with E-state index < -0.39 is 11.9 Å². The number of ether oxygens (including phenoxy) is 1. The standard InChI is InChI=1S/C8H4O3.2C2H6/c9-7-5-3-1-2-4-6(5)8(10)11-7;2*1-2/h1-4H;2*1-2H3. The van der Waals surface area contributed by atoms with Gasteiger partial charge in [0.1, 0.15) is 0 Å². The summed E-state index contributed by atoms with van der Waals surface area (Å²) in [4.78, 5) is 21.7. The summed E-state index contributed by atoms with van der Waals surface area (Å²) in [7, 11) is 0. The van der Waals surface area contributed by atoms with Gasteiger partial charge in [-0.25, -0.2) is 9.59 Å². The van der Waals surface area contributed by atoms with Crippen molar-refractivity contribution in [2.24, 2.45) is 0 Å². The van der Waals surface area contributed by atoms with Crippen LogP contribution in [-0.2, 0) is 4.74 Å². The normalized spacial score (nSPS) is 11.5. The van der Waals surface area contributed by atoms with Crippen molar-refractivity contribution in [2.45, 2.75) is 27.7 Å². The average molecular weight is 208 g/mol. The van der Waals surface area contributed by atoms with Gasteiger partial charge in [0.25, 0.3) is 0 Å². The van der Waals surface area contributed by atoms with Crippen LogP contribution in [0.2, 0.25) is 0 Å². The zero-order chi connectivity index (χ0) is 11.8. The molecule has 1 aliphatic rings. The van der Waals surface area contributed by atoms with Gasteiger partial charge in [-0.2, -0.15) is 0 Å². The fourth-order valence-corrected chi connectivity index (χ4v) is 1.03. The largest absolute Gasteiger partial charge is 0.386 e. The third kappa shape index (κ3) is 2.91. The van der Waals surface area contributed by atoms with E-state index in [2.05, 4.69) is 4.74 Å². The van der Waals surface area contributed by atoms with E-state index in [0.717, 1.165) is 0 Å². The van der Waals surface area contributed by atoms with Gasteiger partial charge in [0, 0.05) is 0 Å². The lowest BCUT2D eigenvalue weighted by atomic mass is 10.1. The minimum absolute atomic E-state index is 0.359. The maximum absolute atomic E-state index is 10.8. The third-order valence-electron chi connectivity index (χ3n) is 1.55. The van der Waals surface area contributed by atoms with Crippen molar-refractivity contribution in [2.75, 3.05) is 0 Å². The molecule has 15 heavy (non-hydrogen) atoms. The number of carbonyl (C=O) groups excluding carboxylic acids is 2. The first-order valence-electron chi connectivity index (χ1n) is 5.14. The zero-order valence-corrected chi connectivity index (χ0v) is 9.53. The molecule has 0 spiro atoms. The number of hydrogen-bond acceptors (Lipinski definition) is 3. The van der Waals surface area contributed by atoms with Gasteiger partial charge < -0.3 is 4.74 Å². The van der Waals surface area contributed by atoms with E-state index in [1.807, 2.05) is 27.7 Å². The summed E-state index contributed by atoms with van der Waals surface area (Å²) in [6.45, 7) is 8.00. The first-order chi connectivity index (χ1) is 7.29. The van der Waals surface area contributed by atoms with Crippen molar-refractivity contribution in [1.29, 1.82) is 0 Å². The Labute approximate surface area is 90.1 Å². The molecule has 0 bridgehead atoms. The monoisotopic (exact) mass is 208 g/mol. The van der Waals surface area contributed by atoms with E-state index in [9.17, 15) is 9.59 Å². The van der Waals surface area contributed by atoms with Crippen LogP contribution < -0.4 is 0 Å². The average Bonchev–Trinajstić information content (AvgIpc) is 2.61. The first-order valence-corrected chi connectivity index (χ1v) is 5.14. The molecule has 1 heterocycles. The van der Waals surface area contributed by atoms with Crippen molar-refractivity contribution in [3.05, 3.63) is 35.4 Å². The summed E-state index contributed by atoms with van der Waals surface area (Å²) in [5.41, 5.74) is 0.718. The van der Waals surface area contributed by atoms with E-state index in [4.69, 9.17) is 0 Å². The highest BCUT2D eigenvalue weighted by atomic mass is 16.6. The van der Waals surface area contributed by atoms with Crippen LogP contribution in [0, 0.1) is 0 Å². The second-order valence-electron chi connectivity index (χ2n) is 2.22. The molecule has 3 heteroatoms. The van der Waals surface area contributed by atoms with E-state index >= 15 is 0 Å². The molecule has 0 saturated carbocycles. The van der Waals surface area contributed by atoms with Crippen molar-refractivity contribution < 1.29 is 14.3 Å². The Bertz CT molecular complexity index is 309. The highest BCUT2D eigenvalue weighted by Crippen LogP contribution is 2.18. The molecule has 0 unspecified atom stereocenters. The van der Waals surface area contributed by atoms with E-state index in [1.165, 1.54) is 0 Å². The predicted octanol–water partition coefficient (Wildman–Crippen LogP) is 3.05. The smallest absolute Gasteiger partial charge is 0.346 e. The van der Waals surface area contributed by atoms with Crippen LogP contribution in [0.15, 0.2) is 24.3 Å². The lowest BCUT2D eigenvalue weighted by Crippen LogP contribution is -1.96. The maximum atomic E-state index is 10.8. The Morgan fingerprint density at radius 3 is 1.47 bits per heavy atom. The topological polar surface area (TPSA) is 43.4 Å². The Balaban J connectivity index is 0.000000442. The van der Waals surface area contributed by atoms with Crippen LogP contribution in [0.25, 0.3) is 0 Å². The number of carbonyl (C=O) groups is 2. The molecule has 1 aromatic carbocycles. The zero-order valence-electron chi connectivity index (χ0n) is 9.53. The molecular weight excluding hydrogens is 192 g/mol. The number of benzene rings is 1. The van der Waals surface area contributed by atoms with E-state index in [0.29, 0.717) is 11.1 Å². The molecule has 1 aromatic rings. The summed E-state index contributed by atoms with van der Waals surface area (Å²) in [5, 5.41) is 0. The maximum Gasteiger partial charge on any atom is 0.346 e. The first kappa shape index (κ1) is 13.4. The van der Waals surface area contributed by atoms with Crippen LogP contribution in [0.3, 0.4) is 0 Å². The Morgan fingerprint density at radius 1 is 0.800 bits per heavy atom. The van der Waals surface area contributed by atoms with Gasteiger partial charge in [0.05, 0.1) is 11.1 Å². The molecule has 82 valence electrons. The van der Waals surface area contributed by atoms with Crippen LogP contribution in [-0.4, -0.2) is 11.9 Å². The van der Waals surface area contributed by atoms with Crippen molar-refractivity contribution in [1.82, 2.24) is 0 Å². The van der Waals surface area contributed by atoms with Crippen LogP contribution in [0.1, 0.15) is 48.4 Å². The summed E-state index contributed by atoms with van der Waals surface area (Å²) in [5.74, 6) is -1.10. The molecule has 0 saturated heterocycles. The quantitative estimate of drug-likeness (QED) is 0.486. The SMILES string of the molecule is CC.CC.O=C1OC(=O)c2ccccc21. The number of cyclic esters (lactones) is 2. The van der Waals surface area contributed by atoms with Crippen LogP contribution in [0.4, 0.5) is 0 Å². The Morgan fingerprint density at radius 2 is 1.13 bits per heavy atom. The van der Waals surface area contributed by atoms with Crippen molar-refractivity contribution >= 4 is 11.9 Å².